The van der Waals surface area contributed by atoms with Crippen molar-refractivity contribution in [3.63, 3.8) is 0 Å². The van der Waals surface area contributed by atoms with E-state index in [1.165, 1.54) is 0 Å². The fourth-order valence-electron chi connectivity index (χ4n) is 0. The van der Waals surface area contributed by atoms with Gasteiger partial charge in [-0.1, -0.05) is 38.5 Å². The van der Waals surface area contributed by atoms with E-state index in [9.17, 15) is 0 Å². The molecule has 0 spiro atoms. The molecule has 1 atom stereocenters. The van der Waals surface area contributed by atoms with Gasteiger partial charge in [-0.15, -0.1) is 0 Å². The van der Waals surface area contributed by atoms with E-state index in [0.29, 0.717) is 2.83 Å². The molecule has 0 aliphatic rings. The van der Waals surface area contributed by atoms with Gasteiger partial charge in [-0.25, -0.2) is 0 Å². The van der Waals surface area contributed by atoms with E-state index in [-0.39, 0.29) is 0 Å². The van der Waals surface area contributed by atoms with Crippen molar-refractivity contribution in [2.24, 2.45) is 0 Å². The van der Waals surface area contributed by atoms with Gasteiger partial charge in [0.2, 0.25) is 0 Å². The molecule has 0 aliphatic heterocycles. The Morgan fingerprint density at radius 2 is 2.00 bits per heavy atom. The van der Waals surface area contributed by atoms with E-state index < -0.39 is 0 Å². The van der Waals surface area contributed by atoms with Gasteiger partial charge < -0.3 is 0 Å². The largest absolute Gasteiger partial charge is 0.0778 e. The summed E-state index contributed by atoms with van der Waals surface area (Å²) in [6, 6.07) is 0. The van der Waals surface area contributed by atoms with Crippen LogP contribution in [0.5, 0.6) is 0 Å². The van der Waals surface area contributed by atoms with Crippen molar-refractivity contribution in [1.29, 1.82) is 0 Å². The zero-order chi connectivity index (χ0) is 3.58. The standard InChI is InChI=1S/C2H4BrI/c1-2(3)4/h2H,1H3. The highest BCUT2D eigenvalue weighted by molar-refractivity contribution is 14.1. The fourth-order valence-corrected chi connectivity index (χ4v) is 0. The summed E-state index contributed by atoms with van der Waals surface area (Å²) in [7, 11) is 0. The normalized spacial score (nSPS) is 15.8. The van der Waals surface area contributed by atoms with Gasteiger partial charge in [0.25, 0.3) is 0 Å². The molecule has 0 aromatic rings. The van der Waals surface area contributed by atoms with Gasteiger partial charge in [0.15, 0.2) is 0 Å². The number of rotatable bonds is 0. The van der Waals surface area contributed by atoms with Crippen LogP contribution in [0, 0.1) is 0 Å². The molecule has 4 heavy (non-hydrogen) atoms. The summed E-state index contributed by atoms with van der Waals surface area (Å²) in [6.45, 7) is 2.07. The first kappa shape index (κ1) is 5.21. The monoisotopic (exact) mass is 234 g/mol. The Balaban J connectivity index is 2.32. The number of hydrogen-bond donors (Lipinski definition) is 0. The molecule has 0 rings (SSSR count). The molecule has 2 heteroatoms. The third-order valence-electron chi connectivity index (χ3n) is 0. The van der Waals surface area contributed by atoms with Gasteiger partial charge in [-0.2, -0.15) is 0 Å². The van der Waals surface area contributed by atoms with Crippen LogP contribution in [0.15, 0.2) is 0 Å². The topological polar surface area (TPSA) is 0 Å². The molecule has 1 unspecified atom stereocenters. The summed E-state index contributed by atoms with van der Waals surface area (Å²) in [6.07, 6.45) is 0. The van der Waals surface area contributed by atoms with E-state index in [1.807, 2.05) is 0 Å². The van der Waals surface area contributed by atoms with Gasteiger partial charge in [0.1, 0.15) is 0 Å². The summed E-state index contributed by atoms with van der Waals surface area (Å²) in [5.41, 5.74) is 0. The second kappa shape index (κ2) is 2.45. The lowest BCUT2D eigenvalue weighted by Gasteiger charge is -1.73. The lowest BCUT2D eigenvalue weighted by atomic mass is 11.0. The predicted molar refractivity (Wildman–Crippen MR) is 32.4 cm³/mol. The second-order valence-corrected chi connectivity index (χ2v) is 5.47. The highest BCUT2D eigenvalue weighted by Gasteiger charge is 1.73. The molecule has 0 saturated carbocycles. The first-order valence-electron chi connectivity index (χ1n) is 1.01. The Morgan fingerprint density at radius 3 is 2.00 bits per heavy atom. The molecule has 0 aromatic heterocycles. The number of alkyl halides is 2. The highest BCUT2D eigenvalue weighted by Crippen LogP contribution is 2.04. The van der Waals surface area contributed by atoms with Gasteiger partial charge in [-0.3, -0.25) is 0 Å². The smallest absolute Gasteiger partial charge is 0.0634 e. The Hall–Kier alpha value is 1.21. The molecule has 26 valence electrons. The molecule has 0 bridgehead atoms. The molecule has 0 saturated heterocycles. The van der Waals surface area contributed by atoms with E-state index in [1.54, 1.807) is 0 Å². The van der Waals surface area contributed by atoms with E-state index in [2.05, 4.69) is 45.4 Å². The second-order valence-electron chi connectivity index (χ2n) is 0.519. The Morgan fingerprint density at radius 1 is 2.00 bits per heavy atom. The SMILES string of the molecule is CC(Br)I. The first-order valence-corrected chi connectivity index (χ1v) is 3.18. The predicted octanol–water partition coefficient (Wildman–Crippen LogP) is 2.16. The third kappa shape index (κ3) is 10.7. The van der Waals surface area contributed by atoms with Crippen LogP contribution in [-0.4, -0.2) is 2.83 Å². The van der Waals surface area contributed by atoms with Crippen LogP contribution < -0.4 is 0 Å². The number of halogens is 2. The van der Waals surface area contributed by atoms with Crippen LogP contribution in [0.3, 0.4) is 0 Å². The summed E-state index contributed by atoms with van der Waals surface area (Å²) < 4.78 is 0.616. The Kier molecular flexibility index (Phi) is 3.19. The van der Waals surface area contributed by atoms with Crippen LogP contribution >= 0.6 is 38.5 Å². The van der Waals surface area contributed by atoms with Crippen molar-refractivity contribution >= 4 is 38.5 Å². The minimum absolute atomic E-state index is 0.616. The van der Waals surface area contributed by atoms with E-state index >= 15 is 0 Å². The summed E-state index contributed by atoms with van der Waals surface area (Å²) in [4.78, 5) is 0. The molecule has 0 aliphatic carbocycles. The van der Waals surface area contributed by atoms with Gasteiger partial charge in [-0.05, 0) is 6.92 Å². The van der Waals surface area contributed by atoms with Gasteiger partial charge in [0.05, 0.1) is 2.83 Å². The maximum Gasteiger partial charge on any atom is 0.0634 e. The van der Waals surface area contributed by atoms with Crippen molar-refractivity contribution in [3.05, 3.63) is 0 Å². The van der Waals surface area contributed by atoms with Crippen LogP contribution in [0.2, 0.25) is 0 Å². The van der Waals surface area contributed by atoms with E-state index in [0.717, 1.165) is 0 Å². The molecule has 0 heterocycles. The zero-order valence-electron chi connectivity index (χ0n) is 2.33. The summed E-state index contributed by atoms with van der Waals surface area (Å²) in [5, 5.41) is 0. The highest BCUT2D eigenvalue weighted by atomic mass is 127. The first-order chi connectivity index (χ1) is 1.73. The Bertz CT molecular complexity index is 10.8. The fraction of sp³-hybridized carbons (Fsp3) is 1.00. The number of hydrogen-bond acceptors (Lipinski definition) is 0. The molecule has 0 fully saturated rings. The van der Waals surface area contributed by atoms with Gasteiger partial charge in [0, 0.05) is 0 Å². The van der Waals surface area contributed by atoms with Crippen molar-refractivity contribution in [2.75, 3.05) is 0 Å². The van der Waals surface area contributed by atoms with Crippen LogP contribution in [0.25, 0.3) is 0 Å². The minimum Gasteiger partial charge on any atom is -0.0778 e. The molecular weight excluding hydrogens is 231 g/mol. The molecule has 0 nitrogen and oxygen atoms in total. The quantitative estimate of drug-likeness (QED) is 0.445. The van der Waals surface area contributed by atoms with Crippen molar-refractivity contribution < 1.29 is 0 Å². The third-order valence-corrected chi connectivity index (χ3v) is 0. The van der Waals surface area contributed by atoms with Gasteiger partial charge >= 0.3 is 0 Å². The maximum atomic E-state index is 3.26. The van der Waals surface area contributed by atoms with Crippen molar-refractivity contribution in [2.45, 2.75) is 9.76 Å². The van der Waals surface area contributed by atoms with Crippen molar-refractivity contribution in [3.8, 4) is 0 Å². The minimum atomic E-state index is 0.616. The van der Waals surface area contributed by atoms with Crippen LogP contribution in [0.4, 0.5) is 0 Å². The average molecular weight is 235 g/mol. The average Bonchev–Trinajstić information content (AvgIpc) is 0.811. The molecule has 0 radical (unpaired) electrons. The maximum absolute atomic E-state index is 3.26. The lowest BCUT2D eigenvalue weighted by Crippen LogP contribution is -1.59. The summed E-state index contributed by atoms with van der Waals surface area (Å²) in [5.74, 6) is 0. The zero-order valence-corrected chi connectivity index (χ0v) is 6.08. The van der Waals surface area contributed by atoms with E-state index in [4.69, 9.17) is 0 Å². The van der Waals surface area contributed by atoms with Crippen LogP contribution in [0.1, 0.15) is 6.92 Å². The Labute approximate surface area is 48.2 Å². The molecule has 0 amide bonds. The van der Waals surface area contributed by atoms with Crippen molar-refractivity contribution in [1.82, 2.24) is 0 Å². The molecule has 0 aromatic carbocycles. The summed E-state index contributed by atoms with van der Waals surface area (Å²) >= 11 is 5.52. The molecule has 0 N–H and O–H groups in total. The van der Waals surface area contributed by atoms with Crippen LogP contribution in [-0.2, 0) is 0 Å². The molecular formula is C2H4BrI. The lowest BCUT2D eigenvalue weighted by molar-refractivity contribution is 1.51.